The van der Waals surface area contributed by atoms with E-state index in [1.54, 1.807) is 11.8 Å². The molecule has 1 aromatic heterocycles. The number of nitrogens with zero attached hydrogens (tertiary/aromatic N) is 3. The molecule has 0 amide bonds. The molecular weight excluding hydrogens is 256 g/mol. The van der Waals surface area contributed by atoms with E-state index in [1.807, 2.05) is 6.07 Å². The third-order valence-corrected chi connectivity index (χ3v) is 4.64. The summed E-state index contributed by atoms with van der Waals surface area (Å²) < 4.78 is 2.09. The number of anilines is 1. The average molecular weight is 274 g/mol. The first-order valence-corrected chi connectivity index (χ1v) is 7.62. The molecule has 2 N–H and O–H groups in total. The summed E-state index contributed by atoms with van der Waals surface area (Å²) in [6.07, 6.45) is 2.40. The number of nitrogens with two attached hydrogens (primary N) is 1. The fraction of sp³-hybridized carbons (Fsp3) is 0.429. The van der Waals surface area contributed by atoms with E-state index in [1.165, 1.54) is 18.4 Å². The number of benzene rings is 1. The molecule has 1 aromatic carbocycles. The summed E-state index contributed by atoms with van der Waals surface area (Å²) in [6.45, 7) is 2.24. The monoisotopic (exact) mass is 274 g/mol. The van der Waals surface area contributed by atoms with Crippen LogP contribution in [0, 0.1) is 0 Å². The number of hydrogen-bond donors (Lipinski definition) is 1. The third-order valence-electron chi connectivity index (χ3n) is 3.43. The molecule has 5 heteroatoms. The maximum atomic E-state index is 5.88. The second-order valence-electron chi connectivity index (χ2n) is 5.06. The molecule has 0 saturated heterocycles. The minimum atomic E-state index is 0.497. The highest BCUT2D eigenvalue weighted by atomic mass is 32.2. The Hall–Kier alpha value is -1.49. The molecule has 0 spiro atoms. The summed E-state index contributed by atoms with van der Waals surface area (Å²) >= 11 is 1.75. The van der Waals surface area contributed by atoms with Gasteiger partial charge in [0.25, 0.3) is 0 Å². The van der Waals surface area contributed by atoms with E-state index in [4.69, 9.17) is 5.73 Å². The predicted octanol–water partition coefficient (Wildman–Crippen LogP) is 3.09. The van der Waals surface area contributed by atoms with Gasteiger partial charge in [-0.15, -0.1) is 10.2 Å². The highest BCUT2D eigenvalue weighted by Crippen LogP contribution is 2.39. The van der Waals surface area contributed by atoms with Crippen molar-refractivity contribution in [2.75, 3.05) is 11.5 Å². The summed E-state index contributed by atoms with van der Waals surface area (Å²) in [6, 6.07) is 11.1. The first-order valence-electron chi connectivity index (χ1n) is 6.64. The molecule has 1 saturated carbocycles. The Morgan fingerprint density at radius 1 is 1.32 bits per heavy atom. The lowest BCUT2D eigenvalue weighted by atomic mass is 10.0. The maximum absolute atomic E-state index is 5.88. The summed E-state index contributed by atoms with van der Waals surface area (Å²) in [5, 5.41) is 9.15. The molecular formula is C14H18N4S. The van der Waals surface area contributed by atoms with Crippen molar-refractivity contribution in [3.8, 4) is 0 Å². The van der Waals surface area contributed by atoms with Gasteiger partial charge < -0.3 is 5.73 Å². The SMILES string of the molecule is C[C@@H](CSc1nnc(N)n1C1CC1)c1ccccc1. The molecule has 1 fully saturated rings. The van der Waals surface area contributed by atoms with Crippen LogP contribution in [0.1, 0.15) is 37.3 Å². The summed E-state index contributed by atoms with van der Waals surface area (Å²) in [5.74, 6) is 2.05. The van der Waals surface area contributed by atoms with Crippen LogP contribution in [-0.4, -0.2) is 20.5 Å². The smallest absolute Gasteiger partial charge is 0.222 e. The van der Waals surface area contributed by atoms with E-state index in [-0.39, 0.29) is 0 Å². The third kappa shape index (κ3) is 2.76. The van der Waals surface area contributed by atoms with E-state index >= 15 is 0 Å². The van der Waals surface area contributed by atoms with Crippen LogP contribution in [0.25, 0.3) is 0 Å². The molecule has 4 nitrogen and oxygen atoms in total. The van der Waals surface area contributed by atoms with Crippen molar-refractivity contribution in [1.29, 1.82) is 0 Å². The zero-order chi connectivity index (χ0) is 13.2. The van der Waals surface area contributed by atoms with Crippen LogP contribution in [-0.2, 0) is 0 Å². The average Bonchev–Trinajstić information content (AvgIpc) is 3.21. The fourth-order valence-electron chi connectivity index (χ4n) is 2.14. The fourth-order valence-corrected chi connectivity index (χ4v) is 3.21. The summed E-state index contributed by atoms with van der Waals surface area (Å²) in [7, 11) is 0. The molecule has 0 bridgehead atoms. The van der Waals surface area contributed by atoms with Gasteiger partial charge in [0.1, 0.15) is 0 Å². The normalized spacial score (nSPS) is 16.5. The van der Waals surface area contributed by atoms with Gasteiger partial charge in [-0.2, -0.15) is 0 Å². The van der Waals surface area contributed by atoms with Gasteiger partial charge in [0, 0.05) is 11.8 Å². The van der Waals surface area contributed by atoms with Gasteiger partial charge in [-0.25, -0.2) is 0 Å². The molecule has 1 atom stereocenters. The first kappa shape index (κ1) is 12.5. The minimum absolute atomic E-state index is 0.497. The van der Waals surface area contributed by atoms with Gasteiger partial charge >= 0.3 is 0 Å². The number of thioether (sulfide) groups is 1. The van der Waals surface area contributed by atoms with Crippen LogP contribution in [0.4, 0.5) is 5.95 Å². The molecule has 3 rings (SSSR count). The first-order chi connectivity index (χ1) is 9.25. The Labute approximate surface area is 117 Å². The number of hydrogen-bond acceptors (Lipinski definition) is 4. The van der Waals surface area contributed by atoms with Crippen LogP contribution in [0.2, 0.25) is 0 Å². The number of rotatable bonds is 5. The molecule has 1 heterocycles. The molecule has 1 aliphatic carbocycles. The van der Waals surface area contributed by atoms with Crippen LogP contribution in [0.3, 0.4) is 0 Å². The summed E-state index contributed by atoms with van der Waals surface area (Å²) in [5.41, 5.74) is 7.24. The van der Waals surface area contributed by atoms with E-state index in [0.29, 0.717) is 17.9 Å². The lowest BCUT2D eigenvalue weighted by molar-refractivity contribution is 0.670. The Morgan fingerprint density at radius 3 is 2.74 bits per heavy atom. The van der Waals surface area contributed by atoms with Gasteiger partial charge in [-0.05, 0) is 24.3 Å². The number of nitrogen functional groups attached to an aromatic ring is 1. The van der Waals surface area contributed by atoms with Crippen molar-refractivity contribution in [3.05, 3.63) is 35.9 Å². The zero-order valence-corrected chi connectivity index (χ0v) is 11.8. The highest BCUT2D eigenvalue weighted by Gasteiger charge is 2.28. The van der Waals surface area contributed by atoms with Gasteiger partial charge in [0.05, 0.1) is 0 Å². The lowest BCUT2D eigenvalue weighted by Crippen LogP contribution is -2.03. The second kappa shape index (κ2) is 5.25. The largest absolute Gasteiger partial charge is 0.368 e. The van der Waals surface area contributed by atoms with Crippen molar-refractivity contribution in [2.24, 2.45) is 0 Å². The van der Waals surface area contributed by atoms with Gasteiger partial charge in [0.15, 0.2) is 5.16 Å². The van der Waals surface area contributed by atoms with Crippen molar-refractivity contribution in [3.63, 3.8) is 0 Å². The van der Waals surface area contributed by atoms with E-state index in [0.717, 1.165) is 10.9 Å². The molecule has 0 unspecified atom stereocenters. The van der Waals surface area contributed by atoms with Crippen LogP contribution in [0.5, 0.6) is 0 Å². The van der Waals surface area contributed by atoms with E-state index in [2.05, 4.69) is 46.0 Å². The van der Waals surface area contributed by atoms with Crippen molar-refractivity contribution in [1.82, 2.24) is 14.8 Å². The lowest BCUT2D eigenvalue weighted by Gasteiger charge is -2.11. The molecule has 100 valence electrons. The topological polar surface area (TPSA) is 56.7 Å². The van der Waals surface area contributed by atoms with Gasteiger partial charge in [-0.1, -0.05) is 49.0 Å². The molecule has 0 aliphatic heterocycles. The summed E-state index contributed by atoms with van der Waals surface area (Å²) in [4.78, 5) is 0. The van der Waals surface area contributed by atoms with Crippen molar-refractivity contribution < 1.29 is 0 Å². The van der Waals surface area contributed by atoms with E-state index in [9.17, 15) is 0 Å². The van der Waals surface area contributed by atoms with E-state index < -0.39 is 0 Å². The Balaban J connectivity index is 1.66. The Morgan fingerprint density at radius 2 is 2.05 bits per heavy atom. The standard InChI is InChI=1S/C14H18N4S/c1-10(11-5-3-2-4-6-11)9-19-14-17-16-13(15)18(14)12-7-8-12/h2-6,10,12H,7-9H2,1H3,(H2,15,16)/t10-/m0/s1. The van der Waals surface area contributed by atoms with Crippen molar-refractivity contribution >= 4 is 17.7 Å². The molecule has 2 aromatic rings. The quantitative estimate of drug-likeness (QED) is 0.851. The van der Waals surface area contributed by atoms with Crippen LogP contribution >= 0.6 is 11.8 Å². The second-order valence-corrected chi connectivity index (χ2v) is 6.05. The zero-order valence-electron chi connectivity index (χ0n) is 11.0. The minimum Gasteiger partial charge on any atom is -0.368 e. The Bertz CT molecular complexity index is 548. The number of aromatic nitrogens is 3. The molecule has 1 aliphatic rings. The van der Waals surface area contributed by atoms with Gasteiger partial charge in [-0.3, -0.25) is 4.57 Å². The maximum Gasteiger partial charge on any atom is 0.222 e. The Kier molecular flexibility index (Phi) is 3.46. The predicted molar refractivity (Wildman–Crippen MR) is 78.3 cm³/mol. The molecule has 19 heavy (non-hydrogen) atoms. The van der Waals surface area contributed by atoms with Crippen molar-refractivity contribution in [2.45, 2.75) is 36.9 Å². The van der Waals surface area contributed by atoms with Crippen LogP contribution in [0.15, 0.2) is 35.5 Å². The van der Waals surface area contributed by atoms with Gasteiger partial charge in [0.2, 0.25) is 5.95 Å². The molecule has 0 radical (unpaired) electrons. The highest BCUT2D eigenvalue weighted by molar-refractivity contribution is 7.99. The van der Waals surface area contributed by atoms with Crippen LogP contribution < -0.4 is 5.73 Å².